The van der Waals surface area contributed by atoms with Crippen molar-refractivity contribution in [2.24, 2.45) is 0 Å². The number of likely N-dealkylation sites (N-methyl/N-ethyl adjacent to an activating group) is 1. The van der Waals surface area contributed by atoms with Crippen molar-refractivity contribution in [3.63, 3.8) is 0 Å². The van der Waals surface area contributed by atoms with Gasteiger partial charge in [-0.25, -0.2) is 0 Å². The molecule has 7 nitrogen and oxygen atoms in total. The summed E-state index contributed by atoms with van der Waals surface area (Å²) in [6, 6.07) is 4.59. The summed E-state index contributed by atoms with van der Waals surface area (Å²) in [5.41, 5.74) is 3.16. The van der Waals surface area contributed by atoms with Crippen molar-refractivity contribution in [3.8, 4) is 28.5 Å². The minimum Gasteiger partial charge on any atom is -0.493 e. The van der Waals surface area contributed by atoms with Gasteiger partial charge in [-0.1, -0.05) is 12.8 Å². The Morgan fingerprint density at radius 2 is 1.66 bits per heavy atom. The third-order valence-electron chi connectivity index (χ3n) is 5.72. The number of methoxy groups -OCH3 is 3. The molecule has 1 aliphatic rings. The Bertz CT molecular complexity index is 759. The minimum atomic E-state index is 0.596. The summed E-state index contributed by atoms with van der Waals surface area (Å²) in [7, 11) is 9.15. The number of H-pyrrole nitrogens is 1. The highest BCUT2D eigenvalue weighted by molar-refractivity contribution is 5.70. The lowest BCUT2D eigenvalue weighted by atomic mass is 10.1. The van der Waals surface area contributed by atoms with Crippen LogP contribution in [0.1, 0.15) is 31.2 Å². The highest BCUT2D eigenvalue weighted by atomic mass is 16.5. The summed E-state index contributed by atoms with van der Waals surface area (Å²) in [4.78, 5) is 4.86. The minimum absolute atomic E-state index is 0.596. The number of aromatic amines is 1. The van der Waals surface area contributed by atoms with Crippen LogP contribution in [0.15, 0.2) is 18.3 Å². The average molecular weight is 403 g/mol. The maximum Gasteiger partial charge on any atom is 0.203 e. The third kappa shape index (κ3) is 5.03. The van der Waals surface area contributed by atoms with Crippen LogP contribution in [-0.2, 0) is 6.54 Å². The van der Waals surface area contributed by atoms with Gasteiger partial charge in [-0.3, -0.25) is 10.00 Å². The summed E-state index contributed by atoms with van der Waals surface area (Å²) in [5.74, 6) is 1.88. The molecule has 1 aromatic carbocycles. The monoisotopic (exact) mass is 402 g/mol. The fourth-order valence-electron chi connectivity index (χ4n) is 4.11. The summed E-state index contributed by atoms with van der Waals surface area (Å²) >= 11 is 0. The smallest absolute Gasteiger partial charge is 0.203 e. The van der Waals surface area contributed by atoms with Crippen LogP contribution in [0.3, 0.4) is 0 Å². The maximum absolute atomic E-state index is 5.53. The second-order valence-corrected chi connectivity index (χ2v) is 7.90. The second-order valence-electron chi connectivity index (χ2n) is 7.90. The largest absolute Gasteiger partial charge is 0.493 e. The van der Waals surface area contributed by atoms with Gasteiger partial charge in [0.05, 0.1) is 33.2 Å². The van der Waals surface area contributed by atoms with Crippen molar-refractivity contribution in [2.45, 2.75) is 38.3 Å². The van der Waals surface area contributed by atoms with Crippen molar-refractivity contribution in [3.05, 3.63) is 23.9 Å². The molecule has 1 saturated carbocycles. The van der Waals surface area contributed by atoms with E-state index >= 15 is 0 Å². The van der Waals surface area contributed by atoms with Crippen LogP contribution in [0, 0.1) is 0 Å². The van der Waals surface area contributed by atoms with Crippen LogP contribution in [0.2, 0.25) is 0 Å². The van der Waals surface area contributed by atoms with Crippen molar-refractivity contribution >= 4 is 0 Å². The molecule has 0 atom stereocenters. The quantitative estimate of drug-likeness (QED) is 0.657. The Morgan fingerprint density at radius 3 is 2.21 bits per heavy atom. The van der Waals surface area contributed by atoms with Crippen LogP contribution in [0.25, 0.3) is 11.3 Å². The predicted octanol–water partition coefficient (Wildman–Crippen LogP) is 3.41. The van der Waals surface area contributed by atoms with Gasteiger partial charge >= 0.3 is 0 Å². The van der Waals surface area contributed by atoms with Crippen LogP contribution < -0.4 is 14.2 Å². The topological polar surface area (TPSA) is 62.9 Å². The zero-order valence-corrected chi connectivity index (χ0v) is 18.3. The van der Waals surface area contributed by atoms with Crippen LogP contribution >= 0.6 is 0 Å². The molecule has 3 rings (SSSR count). The lowest BCUT2D eigenvalue weighted by molar-refractivity contribution is 0.172. The van der Waals surface area contributed by atoms with E-state index < -0.39 is 0 Å². The Morgan fingerprint density at radius 1 is 1.00 bits per heavy atom. The molecule has 160 valence electrons. The van der Waals surface area contributed by atoms with Gasteiger partial charge < -0.3 is 19.1 Å². The summed E-state index contributed by atoms with van der Waals surface area (Å²) < 4.78 is 16.5. The van der Waals surface area contributed by atoms with Gasteiger partial charge in [-0.15, -0.1) is 0 Å². The van der Waals surface area contributed by atoms with Gasteiger partial charge in [0.2, 0.25) is 5.75 Å². The van der Waals surface area contributed by atoms with Crippen LogP contribution in [0.5, 0.6) is 17.2 Å². The van der Waals surface area contributed by atoms with Crippen molar-refractivity contribution in [1.29, 1.82) is 0 Å². The number of benzene rings is 1. The average Bonchev–Trinajstić information content (AvgIpc) is 3.41. The third-order valence-corrected chi connectivity index (χ3v) is 5.72. The van der Waals surface area contributed by atoms with E-state index in [1.807, 2.05) is 18.3 Å². The standard InChI is InChI=1S/C22H34N4O3/c1-25(2)10-11-26(18-8-6-7-9-18)15-17-14-23-24-21(17)16-12-19(27-3)22(29-5)20(13-16)28-4/h12-14,18H,6-11,15H2,1-5H3,(H,23,24). The molecule has 0 unspecified atom stereocenters. The number of rotatable bonds is 10. The molecular formula is C22H34N4O3. The van der Waals surface area contributed by atoms with Crippen LogP contribution in [-0.4, -0.2) is 74.6 Å². The number of nitrogens with one attached hydrogen (secondary N) is 1. The molecular weight excluding hydrogens is 368 g/mol. The van der Waals surface area contributed by atoms with Gasteiger partial charge in [-0.2, -0.15) is 5.10 Å². The fourth-order valence-corrected chi connectivity index (χ4v) is 4.11. The molecule has 29 heavy (non-hydrogen) atoms. The SMILES string of the molecule is COc1cc(-c2[nH]ncc2CN(CCN(C)C)C2CCCC2)cc(OC)c1OC. The van der Waals surface area contributed by atoms with Crippen molar-refractivity contribution in [2.75, 3.05) is 48.5 Å². The second kappa shape index (κ2) is 9.98. The van der Waals surface area contributed by atoms with E-state index in [2.05, 4.69) is 34.1 Å². The number of nitrogens with zero attached hydrogens (tertiary/aromatic N) is 3. The van der Waals surface area contributed by atoms with Gasteiger partial charge in [0, 0.05) is 36.8 Å². The molecule has 0 bridgehead atoms. The van der Waals surface area contributed by atoms with E-state index in [-0.39, 0.29) is 0 Å². The number of hydrogen-bond donors (Lipinski definition) is 1. The first-order valence-electron chi connectivity index (χ1n) is 10.3. The molecule has 7 heteroatoms. The van der Waals surface area contributed by atoms with E-state index in [1.165, 1.54) is 31.2 Å². The molecule has 1 heterocycles. The number of aromatic nitrogens is 2. The summed E-state index contributed by atoms with van der Waals surface area (Å²) in [6.07, 6.45) is 7.16. The first-order chi connectivity index (χ1) is 14.1. The fraction of sp³-hybridized carbons (Fsp3) is 0.591. The van der Waals surface area contributed by atoms with E-state index in [9.17, 15) is 0 Å². The molecule has 0 amide bonds. The zero-order chi connectivity index (χ0) is 20.8. The van der Waals surface area contributed by atoms with Gasteiger partial charge in [-0.05, 0) is 39.1 Å². The Kier molecular flexibility index (Phi) is 7.39. The van der Waals surface area contributed by atoms with Crippen molar-refractivity contribution < 1.29 is 14.2 Å². The molecule has 1 fully saturated rings. The highest BCUT2D eigenvalue weighted by Gasteiger charge is 2.24. The van der Waals surface area contributed by atoms with Gasteiger partial charge in [0.15, 0.2) is 11.5 Å². The van der Waals surface area contributed by atoms with E-state index in [1.54, 1.807) is 21.3 Å². The highest BCUT2D eigenvalue weighted by Crippen LogP contribution is 2.41. The summed E-state index contributed by atoms with van der Waals surface area (Å²) in [6.45, 7) is 2.98. The Labute approximate surface area is 173 Å². The molecule has 0 radical (unpaired) electrons. The normalized spacial score (nSPS) is 14.7. The number of ether oxygens (including phenoxy) is 3. The first-order valence-corrected chi connectivity index (χ1v) is 10.3. The molecule has 0 spiro atoms. The van der Waals surface area contributed by atoms with E-state index in [4.69, 9.17) is 14.2 Å². The lowest BCUT2D eigenvalue weighted by Crippen LogP contribution is -2.37. The van der Waals surface area contributed by atoms with Gasteiger partial charge in [0.25, 0.3) is 0 Å². The van der Waals surface area contributed by atoms with E-state index in [0.717, 1.165) is 30.9 Å². The first kappa shape index (κ1) is 21.5. The maximum atomic E-state index is 5.53. The van der Waals surface area contributed by atoms with Gasteiger partial charge in [0.1, 0.15) is 0 Å². The molecule has 0 aliphatic heterocycles. The zero-order valence-electron chi connectivity index (χ0n) is 18.3. The number of hydrogen-bond acceptors (Lipinski definition) is 6. The lowest BCUT2D eigenvalue weighted by Gasteiger charge is -2.30. The molecule has 1 N–H and O–H groups in total. The van der Waals surface area contributed by atoms with E-state index in [0.29, 0.717) is 23.3 Å². The Hall–Kier alpha value is -2.25. The van der Waals surface area contributed by atoms with Crippen molar-refractivity contribution in [1.82, 2.24) is 20.0 Å². The van der Waals surface area contributed by atoms with Crippen LogP contribution in [0.4, 0.5) is 0 Å². The predicted molar refractivity (Wildman–Crippen MR) is 115 cm³/mol. The molecule has 1 aromatic heterocycles. The molecule has 0 saturated heterocycles. The molecule has 2 aromatic rings. The molecule has 1 aliphatic carbocycles. The summed E-state index contributed by atoms with van der Waals surface area (Å²) in [5, 5.41) is 7.54. The Balaban J connectivity index is 1.89.